The number of piperidine rings is 1. The van der Waals surface area contributed by atoms with Crippen molar-refractivity contribution in [1.82, 2.24) is 15.2 Å². The standard InChI is InChI=1S/C26H33N3O5/c1-31-19-5-6-22-20(13-19)21(15-27-22)18-7-9-29(10-8-18)16-25(30)28-14-17-11-23(32-2)26(34-4)24(12-17)33-3/h5-6,11-13,15,18,27H,7-10,14,16H2,1-4H3,(H,28,30). The first kappa shape index (κ1) is 23.8. The molecule has 1 aliphatic rings. The molecule has 0 spiro atoms. The van der Waals surface area contributed by atoms with E-state index in [4.69, 9.17) is 18.9 Å². The molecule has 1 aromatic heterocycles. The smallest absolute Gasteiger partial charge is 0.234 e. The fourth-order valence-electron chi connectivity index (χ4n) is 4.69. The number of methoxy groups -OCH3 is 4. The van der Waals surface area contributed by atoms with E-state index in [1.807, 2.05) is 18.2 Å². The maximum Gasteiger partial charge on any atom is 0.234 e. The molecule has 4 rings (SSSR count). The summed E-state index contributed by atoms with van der Waals surface area (Å²) in [5, 5.41) is 4.23. The van der Waals surface area contributed by atoms with Crippen LogP contribution < -0.4 is 24.3 Å². The molecular weight excluding hydrogens is 434 g/mol. The van der Waals surface area contributed by atoms with E-state index >= 15 is 0 Å². The first-order valence-electron chi connectivity index (χ1n) is 11.5. The van der Waals surface area contributed by atoms with Gasteiger partial charge in [0.25, 0.3) is 0 Å². The van der Waals surface area contributed by atoms with Gasteiger partial charge >= 0.3 is 0 Å². The van der Waals surface area contributed by atoms with E-state index in [1.54, 1.807) is 28.4 Å². The minimum atomic E-state index is 0.00373. The molecule has 1 fully saturated rings. The van der Waals surface area contributed by atoms with Crippen LogP contribution >= 0.6 is 0 Å². The monoisotopic (exact) mass is 467 g/mol. The average molecular weight is 468 g/mol. The third-order valence-corrected chi connectivity index (χ3v) is 6.53. The number of benzene rings is 2. The van der Waals surface area contributed by atoms with E-state index in [9.17, 15) is 4.79 Å². The summed E-state index contributed by atoms with van der Waals surface area (Å²) in [5.41, 5.74) is 3.35. The lowest BCUT2D eigenvalue weighted by atomic mass is 9.89. The number of ether oxygens (including phenoxy) is 4. The lowest BCUT2D eigenvalue weighted by molar-refractivity contribution is -0.122. The zero-order valence-corrected chi connectivity index (χ0v) is 20.3. The van der Waals surface area contributed by atoms with Gasteiger partial charge in [-0.1, -0.05) is 0 Å². The highest BCUT2D eigenvalue weighted by Crippen LogP contribution is 2.38. The summed E-state index contributed by atoms with van der Waals surface area (Å²) in [7, 11) is 6.42. The number of fused-ring (bicyclic) bond motifs is 1. The third kappa shape index (κ3) is 5.07. The molecule has 2 aromatic carbocycles. The second kappa shape index (κ2) is 10.7. The number of carbonyl (C=O) groups excluding carboxylic acids is 1. The summed E-state index contributed by atoms with van der Waals surface area (Å²) >= 11 is 0. The largest absolute Gasteiger partial charge is 0.497 e. The summed E-state index contributed by atoms with van der Waals surface area (Å²) in [4.78, 5) is 18.2. The lowest BCUT2D eigenvalue weighted by Gasteiger charge is -2.31. The van der Waals surface area contributed by atoms with Crippen molar-refractivity contribution in [3.05, 3.63) is 47.7 Å². The second-order valence-corrected chi connectivity index (χ2v) is 8.52. The molecule has 0 unspecified atom stereocenters. The predicted molar refractivity (Wildman–Crippen MR) is 131 cm³/mol. The highest BCUT2D eigenvalue weighted by molar-refractivity contribution is 5.85. The van der Waals surface area contributed by atoms with E-state index in [0.29, 0.717) is 36.3 Å². The molecule has 3 aromatic rings. The van der Waals surface area contributed by atoms with E-state index in [-0.39, 0.29) is 5.91 Å². The Bertz CT molecular complexity index is 1110. The molecule has 8 heteroatoms. The Kier molecular flexibility index (Phi) is 7.47. The number of hydrogen-bond acceptors (Lipinski definition) is 6. The van der Waals surface area contributed by atoms with Crippen LogP contribution in [0.1, 0.15) is 29.9 Å². The molecule has 34 heavy (non-hydrogen) atoms. The van der Waals surface area contributed by atoms with Crippen LogP contribution in [0.3, 0.4) is 0 Å². The summed E-state index contributed by atoms with van der Waals surface area (Å²) in [6, 6.07) is 9.84. The van der Waals surface area contributed by atoms with Gasteiger partial charge in [0.2, 0.25) is 11.7 Å². The van der Waals surface area contributed by atoms with Gasteiger partial charge in [0.1, 0.15) is 5.75 Å². The normalized spacial score (nSPS) is 14.7. The third-order valence-electron chi connectivity index (χ3n) is 6.53. The first-order chi connectivity index (χ1) is 16.6. The van der Waals surface area contributed by atoms with Crippen LogP contribution in [-0.4, -0.2) is 63.9 Å². The minimum absolute atomic E-state index is 0.00373. The van der Waals surface area contributed by atoms with Crippen molar-refractivity contribution in [2.75, 3.05) is 48.1 Å². The summed E-state index contributed by atoms with van der Waals surface area (Å²) in [6.45, 7) is 2.56. The molecule has 0 bridgehead atoms. The SMILES string of the molecule is COc1ccc2[nH]cc(C3CCN(CC(=O)NCc4cc(OC)c(OC)c(OC)c4)CC3)c2c1. The van der Waals surface area contributed by atoms with E-state index in [0.717, 1.165) is 42.8 Å². The Balaban J connectivity index is 1.31. The summed E-state index contributed by atoms with van der Waals surface area (Å²) in [5.74, 6) is 3.03. The van der Waals surface area contributed by atoms with Crippen LogP contribution in [0.2, 0.25) is 0 Å². The zero-order chi connectivity index (χ0) is 24.1. The number of aromatic amines is 1. The molecule has 0 saturated carbocycles. The van der Waals surface area contributed by atoms with Crippen molar-refractivity contribution < 1.29 is 23.7 Å². The van der Waals surface area contributed by atoms with Crippen molar-refractivity contribution in [2.45, 2.75) is 25.3 Å². The number of carbonyl (C=O) groups is 1. The van der Waals surface area contributed by atoms with E-state index in [1.165, 1.54) is 10.9 Å². The van der Waals surface area contributed by atoms with Crippen LogP contribution in [-0.2, 0) is 11.3 Å². The molecule has 2 heterocycles. The summed E-state index contributed by atoms with van der Waals surface area (Å²) in [6.07, 6.45) is 4.16. The highest BCUT2D eigenvalue weighted by atomic mass is 16.5. The fourth-order valence-corrected chi connectivity index (χ4v) is 4.69. The zero-order valence-electron chi connectivity index (χ0n) is 20.3. The van der Waals surface area contributed by atoms with E-state index < -0.39 is 0 Å². The van der Waals surface area contributed by atoms with Gasteiger partial charge in [0.15, 0.2) is 11.5 Å². The van der Waals surface area contributed by atoms with Gasteiger partial charge in [-0.25, -0.2) is 0 Å². The predicted octanol–water partition coefficient (Wildman–Crippen LogP) is 3.70. The van der Waals surface area contributed by atoms with Gasteiger partial charge in [0, 0.05) is 23.6 Å². The molecule has 1 saturated heterocycles. The molecule has 8 nitrogen and oxygen atoms in total. The number of H-pyrrole nitrogens is 1. The second-order valence-electron chi connectivity index (χ2n) is 8.52. The molecule has 0 aliphatic carbocycles. The number of aromatic nitrogens is 1. The van der Waals surface area contributed by atoms with Gasteiger partial charge in [-0.15, -0.1) is 0 Å². The van der Waals surface area contributed by atoms with Crippen molar-refractivity contribution in [3.63, 3.8) is 0 Å². The Morgan fingerprint density at radius 2 is 1.71 bits per heavy atom. The number of hydrogen-bond donors (Lipinski definition) is 2. The topological polar surface area (TPSA) is 85.1 Å². The van der Waals surface area contributed by atoms with Crippen LogP contribution in [0.15, 0.2) is 36.5 Å². The lowest BCUT2D eigenvalue weighted by Crippen LogP contribution is -2.41. The van der Waals surface area contributed by atoms with E-state index in [2.05, 4.69) is 33.5 Å². The average Bonchev–Trinajstić information content (AvgIpc) is 3.30. The number of rotatable bonds is 9. The van der Waals surface area contributed by atoms with Crippen molar-refractivity contribution in [3.8, 4) is 23.0 Å². The number of nitrogens with zero attached hydrogens (tertiary/aromatic N) is 1. The molecule has 1 aliphatic heterocycles. The van der Waals surface area contributed by atoms with Crippen LogP contribution in [0, 0.1) is 0 Å². The number of nitrogens with one attached hydrogen (secondary N) is 2. The molecule has 182 valence electrons. The maximum absolute atomic E-state index is 12.6. The summed E-state index contributed by atoms with van der Waals surface area (Å²) < 4.78 is 21.5. The van der Waals surface area contributed by atoms with Crippen LogP contribution in [0.4, 0.5) is 0 Å². The van der Waals surface area contributed by atoms with Gasteiger partial charge < -0.3 is 29.2 Å². The molecule has 0 atom stereocenters. The Labute approximate surface area is 200 Å². The molecule has 0 radical (unpaired) electrons. The van der Waals surface area contributed by atoms with Crippen molar-refractivity contribution >= 4 is 16.8 Å². The Hall–Kier alpha value is -3.39. The molecule has 2 N–H and O–H groups in total. The highest BCUT2D eigenvalue weighted by Gasteiger charge is 2.24. The molecular formula is C26H33N3O5. The van der Waals surface area contributed by atoms with Gasteiger partial charge in [-0.05, 0) is 73.3 Å². The minimum Gasteiger partial charge on any atom is -0.497 e. The maximum atomic E-state index is 12.6. The number of amides is 1. The number of likely N-dealkylation sites (tertiary alicyclic amines) is 1. The van der Waals surface area contributed by atoms with Crippen LogP contribution in [0.5, 0.6) is 23.0 Å². The molecule has 1 amide bonds. The Morgan fingerprint density at radius 3 is 2.32 bits per heavy atom. The van der Waals surface area contributed by atoms with Crippen molar-refractivity contribution in [2.24, 2.45) is 0 Å². The van der Waals surface area contributed by atoms with Gasteiger partial charge in [-0.2, -0.15) is 0 Å². The van der Waals surface area contributed by atoms with Gasteiger partial charge in [-0.3, -0.25) is 9.69 Å². The quantitative estimate of drug-likeness (QED) is 0.499. The first-order valence-corrected chi connectivity index (χ1v) is 11.5. The van der Waals surface area contributed by atoms with Gasteiger partial charge in [0.05, 0.1) is 35.0 Å². The van der Waals surface area contributed by atoms with Crippen LogP contribution in [0.25, 0.3) is 10.9 Å². The van der Waals surface area contributed by atoms with Crippen molar-refractivity contribution in [1.29, 1.82) is 0 Å². The Morgan fingerprint density at radius 1 is 1.00 bits per heavy atom. The fraction of sp³-hybridized carbons (Fsp3) is 0.423.